The average molecular weight is 683 g/mol. The van der Waals surface area contributed by atoms with Gasteiger partial charge in [-0.1, -0.05) is 24.3 Å². The molecular weight excluding hydrogens is 654 g/mol. The van der Waals surface area contributed by atoms with E-state index in [1.54, 1.807) is 54.6 Å². The third-order valence-corrected chi connectivity index (χ3v) is 8.29. The van der Waals surface area contributed by atoms with E-state index in [-0.39, 0.29) is 29.8 Å². The van der Waals surface area contributed by atoms with Crippen LogP contribution in [-0.4, -0.2) is 36.7 Å². The van der Waals surface area contributed by atoms with Crippen LogP contribution in [0, 0.1) is 18.6 Å². The van der Waals surface area contributed by atoms with Gasteiger partial charge in [-0.25, -0.2) is 32.2 Å². The molecule has 6 rings (SSSR count). The Bertz CT molecular complexity index is 2220. The lowest BCUT2D eigenvalue weighted by atomic mass is 10.0. The fourth-order valence-corrected chi connectivity index (χ4v) is 5.72. The summed E-state index contributed by atoms with van der Waals surface area (Å²) in [6.45, 7) is 1.94. The summed E-state index contributed by atoms with van der Waals surface area (Å²) in [5, 5.41) is 3.47. The molecule has 1 amide bonds. The first-order valence-electron chi connectivity index (χ1n) is 14.7. The van der Waals surface area contributed by atoms with E-state index in [1.165, 1.54) is 25.7 Å². The number of rotatable bonds is 10. The van der Waals surface area contributed by atoms with Crippen molar-refractivity contribution < 1.29 is 31.8 Å². The first-order chi connectivity index (χ1) is 23.6. The second-order valence-electron chi connectivity index (χ2n) is 10.7. The first-order valence-corrected chi connectivity index (χ1v) is 15.7. The quantitative estimate of drug-likeness (QED) is 0.103. The molecule has 0 saturated heterocycles. The highest BCUT2D eigenvalue weighted by Crippen LogP contribution is 2.39. The largest absolute Gasteiger partial charge is 0.487 e. The number of methoxy groups -OCH3 is 1. The smallest absolute Gasteiger partial charge is 0.266 e. The highest BCUT2D eigenvalue weighted by atomic mass is 32.2. The maximum atomic E-state index is 14.8. The van der Waals surface area contributed by atoms with E-state index in [4.69, 9.17) is 15.2 Å². The van der Waals surface area contributed by atoms with Crippen LogP contribution < -0.4 is 24.8 Å². The maximum Gasteiger partial charge on any atom is 0.266 e. The fraction of sp³-hybridized carbons (Fsp3) is 0.0857. The minimum Gasteiger partial charge on any atom is -0.487 e. The van der Waals surface area contributed by atoms with E-state index < -0.39 is 22.9 Å². The number of fused-ring (bicyclic) bond motifs is 1. The van der Waals surface area contributed by atoms with Gasteiger partial charge in [-0.05, 0) is 72.6 Å². The van der Waals surface area contributed by atoms with E-state index in [2.05, 4.69) is 20.3 Å². The van der Waals surface area contributed by atoms with Crippen molar-refractivity contribution in [1.29, 1.82) is 0 Å². The second-order valence-corrected chi connectivity index (χ2v) is 11.6. The average Bonchev–Trinajstić information content (AvgIpc) is 3.09. The molecule has 0 aliphatic carbocycles. The fourth-order valence-electron chi connectivity index (χ4n) is 5.10. The third-order valence-electron chi connectivity index (χ3n) is 7.58. The van der Waals surface area contributed by atoms with Gasteiger partial charge >= 0.3 is 0 Å². The molecule has 14 heteroatoms. The molecule has 2 heterocycles. The van der Waals surface area contributed by atoms with Crippen molar-refractivity contribution in [3.8, 4) is 22.8 Å². The molecule has 0 aliphatic rings. The van der Waals surface area contributed by atoms with Crippen LogP contribution in [0.5, 0.6) is 11.6 Å². The Hall–Kier alpha value is -5.99. The lowest BCUT2D eigenvalue weighted by Crippen LogP contribution is -2.21. The second kappa shape index (κ2) is 14.0. The predicted octanol–water partition coefficient (Wildman–Crippen LogP) is 6.98. The molecule has 2 aromatic heterocycles. The summed E-state index contributed by atoms with van der Waals surface area (Å²) in [7, 11) is 1.31. The topological polar surface area (TPSA) is 153 Å². The summed E-state index contributed by atoms with van der Waals surface area (Å²) in [5.41, 5.74) is 9.96. The number of ether oxygens (including phenoxy) is 2. The molecule has 0 bridgehead atoms. The number of amides is 1. The van der Waals surface area contributed by atoms with Gasteiger partial charge in [0.2, 0.25) is 5.88 Å². The molecule has 4 aromatic carbocycles. The number of hydrogen-bond donors (Lipinski definition) is 3. The standard InChI is InChI=1S/C35H28F2N6O5S/c1-20-26-13-23(24-14-31(35(47-2)39-17-24)43(49(45)46)30-12-11-25(36)16-27(30)37)15-32(33(26)41-19-40-20)48-18-21-7-9-22(10-8-21)34(44)42-29-6-4-3-5-28(29)38/h3-17,19H,18,38H2,1-2H3,(H,42,44)(H,45,46). The minimum atomic E-state index is -2.79. The van der Waals surface area contributed by atoms with Gasteiger partial charge < -0.3 is 20.5 Å². The molecule has 11 nitrogen and oxygen atoms in total. The van der Waals surface area contributed by atoms with Crippen molar-refractivity contribution in [3.63, 3.8) is 0 Å². The van der Waals surface area contributed by atoms with Gasteiger partial charge in [-0.3, -0.25) is 9.35 Å². The number of aryl methyl sites for hydroxylation is 1. The molecule has 248 valence electrons. The van der Waals surface area contributed by atoms with Crippen molar-refractivity contribution in [2.45, 2.75) is 13.5 Å². The highest BCUT2D eigenvalue weighted by Gasteiger charge is 2.25. The van der Waals surface area contributed by atoms with E-state index in [0.29, 0.717) is 56.5 Å². The number of para-hydroxylation sites is 2. The number of hydrogen-bond acceptors (Lipinski definition) is 8. The normalized spacial score (nSPS) is 11.6. The summed E-state index contributed by atoms with van der Waals surface area (Å²) in [6, 6.07) is 21.6. The molecule has 4 N–H and O–H groups in total. The number of carbonyl (C=O) groups excluding carboxylic acids is 1. The van der Waals surface area contributed by atoms with Gasteiger partial charge in [0, 0.05) is 34.5 Å². The Labute approximate surface area is 281 Å². The zero-order valence-electron chi connectivity index (χ0n) is 26.1. The van der Waals surface area contributed by atoms with Gasteiger partial charge in [0.05, 0.1) is 24.2 Å². The third kappa shape index (κ3) is 7.00. The monoisotopic (exact) mass is 682 g/mol. The minimum absolute atomic E-state index is 0.0472. The van der Waals surface area contributed by atoms with E-state index in [1.807, 2.05) is 13.0 Å². The maximum absolute atomic E-state index is 14.8. The number of carbonyl (C=O) groups is 1. The number of pyridine rings is 1. The van der Waals surface area contributed by atoms with Crippen LogP contribution in [0.3, 0.4) is 0 Å². The number of nitrogens with one attached hydrogen (secondary N) is 1. The van der Waals surface area contributed by atoms with E-state index in [0.717, 1.165) is 22.0 Å². The van der Waals surface area contributed by atoms with E-state index in [9.17, 15) is 22.3 Å². The Kier molecular flexibility index (Phi) is 9.42. The van der Waals surface area contributed by atoms with E-state index >= 15 is 0 Å². The van der Waals surface area contributed by atoms with Crippen molar-refractivity contribution in [2.75, 3.05) is 22.5 Å². The van der Waals surface area contributed by atoms with Gasteiger partial charge in [-0.2, -0.15) is 0 Å². The van der Waals surface area contributed by atoms with Crippen molar-refractivity contribution >= 4 is 50.8 Å². The summed E-state index contributed by atoms with van der Waals surface area (Å²) in [5.74, 6) is -1.88. The molecule has 0 saturated carbocycles. The summed E-state index contributed by atoms with van der Waals surface area (Å²) < 4.78 is 63.6. The lowest BCUT2D eigenvalue weighted by molar-refractivity contribution is 0.102. The van der Waals surface area contributed by atoms with Crippen LogP contribution in [0.1, 0.15) is 21.6 Å². The summed E-state index contributed by atoms with van der Waals surface area (Å²) in [4.78, 5) is 25.8. The Balaban J connectivity index is 1.32. The molecule has 1 unspecified atom stereocenters. The predicted molar refractivity (Wildman–Crippen MR) is 183 cm³/mol. The zero-order chi connectivity index (χ0) is 34.7. The molecule has 0 spiro atoms. The van der Waals surface area contributed by atoms with Crippen LogP contribution in [0.25, 0.3) is 22.0 Å². The first kappa shape index (κ1) is 32.9. The van der Waals surface area contributed by atoms with Crippen LogP contribution in [0.2, 0.25) is 0 Å². The summed E-state index contributed by atoms with van der Waals surface area (Å²) in [6.07, 6.45) is 2.91. The van der Waals surface area contributed by atoms with Crippen LogP contribution in [-0.2, 0) is 17.9 Å². The van der Waals surface area contributed by atoms with Gasteiger partial charge in [-0.15, -0.1) is 0 Å². The number of nitrogen functional groups attached to an aromatic ring is 1. The molecule has 0 fully saturated rings. The van der Waals surface area contributed by atoms with Crippen LogP contribution in [0.4, 0.5) is 31.5 Å². The number of halogens is 2. The van der Waals surface area contributed by atoms with Gasteiger partial charge in [0.15, 0.2) is 5.82 Å². The van der Waals surface area contributed by atoms with Crippen molar-refractivity contribution in [3.05, 3.63) is 126 Å². The Morgan fingerprint density at radius 1 is 0.959 bits per heavy atom. The van der Waals surface area contributed by atoms with Gasteiger partial charge in [0.25, 0.3) is 17.2 Å². The van der Waals surface area contributed by atoms with Gasteiger partial charge in [0.1, 0.15) is 35.7 Å². The number of aromatic nitrogens is 3. The van der Waals surface area contributed by atoms with Crippen molar-refractivity contribution in [2.24, 2.45) is 0 Å². The van der Waals surface area contributed by atoms with Crippen LogP contribution >= 0.6 is 0 Å². The zero-order valence-corrected chi connectivity index (χ0v) is 26.9. The number of anilines is 4. The Morgan fingerprint density at radius 2 is 1.73 bits per heavy atom. The number of nitrogens with zero attached hydrogens (tertiary/aromatic N) is 4. The summed E-state index contributed by atoms with van der Waals surface area (Å²) >= 11 is -2.79. The molecular formula is C35H28F2N6O5S. The lowest BCUT2D eigenvalue weighted by Gasteiger charge is -2.23. The molecule has 0 radical (unpaired) electrons. The molecule has 0 aliphatic heterocycles. The van der Waals surface area contributed by atoms with Crippen molar-refractivity contribution in [1.82, 2.24) is 15.0 Å². The van der Waals surface area contributed by atoms with Crippen LogP contribution in [0.15, 0.2) is 97.5 Å². The Morgan fingerprint density at radius 3 is 2.45 bits per heavy atom. The molecule has 1 atom stereocenters. The number of benzene rings is 4. The SMILES string of the molecule is COc1ncc(-c2cc(OCc3ccc(C(=O)Nc4ccccc4N)cc3)c3ncnc(C)c3c2)cc1N(c1ccc(F)cc1F)S(=O)O. The number of nitrogens with two attached hydrogens (primary N) is 1. The molecule has 49 heavy (non-hydrogen) atoms. The highest BCUT2D eigenvalue weighted by molar-refractivity contribution is 7.81. The molecule has 6 aromatic rings.